The zero-order chi connectivity index (χ0) is 23.2. The number of benzene rings is 1. The normalized spacial score (nSPS) is 38.2. The maximum atomic E-state index is 14.3. The maximum Gasteiger partial charge on any atom is 0.254 e. The second-order valence-electron chi connectivity index (χ2n) is 8.55. The van der Waals surface area contributed by atoms with Crippen LogP contribution in [0.15, 0.2) is 29.8 Å². The molecule has 3 fully saturated rings. The van der Waals surface area contributed by atoms with Crippen molar-refractivity contribution in [3.05, 3.63) is 41.2 Å². The molecular formula is C21H16BrCl2FN2O5. The lowest BCUT2D eigenvalue weighted by Gasteiger charge is -2.50. The van der Waals surface area contributed by atoms with Gasteiger partial charge in [0.1, 0.15) is 0 Å². The van der Waals surface area contributed by atoms with Gasteiger partial charge in [-0.1, -0.05) is 33.6 Å². The molecule has 1 aromatic rings. The predicted octanol–water partition coefficient (Wildman–Crippen LogP) is 2.53. The minimum absolute atomic E-state index is 0.128. The Morgan fingerprint density at radius 3 is 2.53 bits per heavy atom. The standard InChI is InChI=1S/C21H16BrCl2FN2O5/c22-7-27-18(31)20(23)6-11-9(2-3-10-14(11)17(30)26-16(10)29)15(21(20,24)19(27)32)8-1-4-13(28)12(25)5-8/h1-2,4-5,10-11,14-15,28H,3,6-7H2,(H,26,29,30)/t10-,11+,14-,15-,20+,21-/m0/s1. The Balaban J connectivity index is 1.76. The maximum absolute atomic E-state index is 14.3. The average Bonchev–Trinajstić information content (AvgIpc) is 3.11. The third-order valence-electron chi connectivity index (χ3n) is 7.16. The lowest BCUT2D eigenvalue weighted by atomic mass is 9.56. The molecular weight excluding hydrogens is 530 g/mol. The fraction of sp³-hybridized carbons (Fsp3) is 0.429. The van der Waals surface area contributed by atoms with Crippen LogP contribution in [0.4, 0.5) is 4.39 Å². The fourth-order valence-electron chi connectivity index (χ4n) is 5.74. The van der Waals surface area contributed by atoms with Gasteiger partial charge in [0.2, 0.25) is 11.8 Å². The predicted molar refractivity (Wildman–Crippen MR) is 115 cm³/mol. The van der Waals surface area contributed by atoms with Crippen molar-refractivity contribution in [1.29, 1.82) is 0 Å². The van der Waals surface area contributed by atoms with Crippen LogP contribution < -0.4 is 5.32 Å². The van der Waals surface area contributed by atoms with Crippen molar-refractivity contribution in [3.63, 3.8) is 0 Å². The molecule has 11 heteroatoms. The number of amides is 4. The number of nitrogens with zero attached hydrogens (tertiary/aromatic N) is 1. The van der Waals surface area contributed by atoms with Gasteiger partial charge in [0.15, 0.2) is 21.3 Å². The van der Waals surface area contributed by atoms with Gasteiger partial charge in [0, 0.05) is 5.92 Å². The first-order valence-electron chi connectivity index (χ1n) is 9.89. The van der Waals surface area contributed by atoms with Gasteiger partial charge >= 0.3 is 0 Å². The van der Waals surface area contributed by atoms with Crippen LogP contribution in [0.3, 0.4) is 0 Å². The molecule has 1 saturated carbocycles. The Labute approximate surface area is 200 Å². The van der Waals surface area contributed by atoms with Gasteiger partial charge in [-0.2, -0.15) is 0 Å². The van der Waals surface area contributed by atoms with E-state index in [-0.39, 0.29) is 23.9 Å². The van der Waals surface area contributed by atoms with Crippen LogP contribution in [0.25, 0.3) is 0 Å². The molecule has 2 aliphatic heterocycles. The van der Waals surface area contributed by atoms with Crippen molar-refractivity contribution in [1.82, 2.24) is 10.2 Å². The third kappa shape index (κ3) is 2.53. The lowest BCUT2D eigenvalue weighted by molar-refractivity contribution is -0.138. The zero-order valence-electron chi connectivity index (χ0n) is 16.3. The van der Waals surface area contributed by atoms with Gasteiger partial charge < -0.3 is 5.11 Å². The summed E-state index contributed by atoms with van der Waals surface area (Å²) in [7, 11) is 0. The van der Waals surface area contributed by atoms with Crippen LogP contribution in [-0.4, -0.2) is 48.8 Å². The van der Waals surface area contributed by atoms with Crippen molar-refractivity contribution < 1.29 is 28.7 Å². The van der Waals surface area contributed by atoms with Crippen molar-refractivity contribution in [3.8, 4) is 5.75 Å². The van der Waals surface area contributed by atoms with E-state index in [4.69, 9.17) is 23.2 Å². The van der Waals surface area contributed by atoms with Crippen molar-refractivity contribution in [2.24, 2.45) is 17.8 Å². The van der Waals surface area contributed by atoms with Crippen LogP contribution >= 0.6 is 39.1 Å². The minimum atomic E-state index is -1.99. The summed E-state index contributed by atoms with van der Waals surface area (Å²) >= 11 is 17.0. The monoisotopic (exact) mass is 544 g/mol. The molecule has 0 aromatic heterocycles. The Kier molecular flexibility index (Phi) is 4.79. The number of hydrogen-bond donors (Lipinski definition) is 2. The second kappa shape index (κ2) is 7.01. The molecule has 0 bridgehead atoms. The number of aromatic hydroxyl groups is 1. The van der Waals surface area contributed by atoms with Gasteiger partial charge in [-0.3, -0.25) is 29.4 Å². The summed E-state index contributed by atoms with van der Waals surface area (Å²) < 4.78 is 14.3. The third-order valence-corrected chi connectivity index (χ3v) is 9.08. The van der Waals surface area contributed by atoms with Crippen molar-refractivity contribution >= 4 is 62.8 Å². The summed E-state index contributed by atoms with van der Waals surface area (Å²) in [6.45, 7) is 0. The Morgan fingerprint density at radius 1 is 1.16 bits per heavy atom. The number of phenols is 1. The summed E-state index contributed by atoms with van der Waals surface area (Å²) in [4.78, 5) is 48.6. The Morgan fingerprint density at radius 2 is 1.88 bits per heavy atom. The topological polar surface area (TPSA) is 104 Å². The fourth-order valence-corrected chi connectivity index (χ4v) is 7.17. The number of rotatable bonds is 2. The van der Waals surface area contributed by atoms with Gasteiger partial charge in [0.05, 0.1) is 17.3 Å². The molecule has 32 heavy (non-hydrogen) atoms. The quantitative estimate of drug-likeness (QED) is 0.257. The number of hydrogen-bond acceptors (Lipinski definition) is 5. The van der Waals surface area contributed by atoms with E-state index in [0.29, 0.717) is 5.57 Å². The number of fused-ring (bicyclic) bond motifs is 4. The highest BCUT2D eigenvalue weighted by Gasteiger charge is 2.76. The molecule has 0 radical (unpaired) electrons. The average molecular weight is 546 g/mol. The molecule has 2 heterocycles. The van der Waals surface area contributed by atoms with Crippen LogP contribution in [0.5, 0.6) is 5.75 Å². The molecule has 2 saturated heterocycles. The first-order chi connectivity index (χ1) is 15.1. The highest BCUT2D eigenvalue weighted by Crippen LogP contribution is 2.65. The molecule has 2 N–H and O–H groups in total. The first kappa shape index (κ1) is 21.9. The van der Waals surface area contributed by atoms with E-state index in [1.807, 2.05) is 0 Å². The molecule has 2 aliphatic carbocycles. The van der Waals surface area contributed by atoms with E-state index in [1.54, 1.807) is 6.08 Å². The molecule has 6 atom stereocenters. The van der Waals surface area contributed by atoms with Crippen molar-refractivity contribution in [2.75, 3.05) is 5.45 Å². The first-order valence-corrected chi connectivity index (χ1v) is 11.8. The number of nitrogens with one attached hydrogen (secondary N) is 1. The smallest absolute Gasteiger partial charge is 0.254 e. The number of phenolic OH excluding ortho intramolecular Hbond substituents is 1. The van der Waals surface area contributed by atoms with Gasteiger partial charge in [-0.15, -0.1) is 23.2 Å². The number of carbonyl (C=O) groups excluding carboxylic acids is 4. The molecule has 1 aromatic carbocycles. The van der Waals surface area contributed by atoms with E-state index in [0.717, 1.165) is 17.0 Å². The van der Waals surface area contributed by atoms with Crippen molar-refractivity contribution in [2.45, 2.75) is 28.5 Å². The largest absolute Gasteiger partial charge is 0.505 e. The molecule has 168 valence electrons. The Hall–Kier alpha value is -1.97. The number of allylic oxidation sites excluding steroid dienone is 2. The van der Waals surface area contributed by atoms with E-state index < -0.39 is 68.6 Å². The number of likely N-dealkylation sites (tertiary alicyclic amines) is 1. The Bertz CT molecular complexity index is 1150. The zero-order valence-corrected chi connectivity index (χ0v) is 19.4. The molecule has 7 nitrogen and oxygen atoms in total. The molecule has 5 rings (SSSR count). The summed E-state index contributed by atoms with van der Waals surface area (Å²) in [5, 5.41) is 12.0. The van der Waals surface area contributed by atoms with E-state index in [1.165, 1.54) is 6.07 Å². The van der Waals surface area contributed by atoms with Gasteiger partial charge in [-0.05, 0) is 36.5 Å². The van der Waals surface area contributed by atoms with Crippen LogP contribution in [0.1, 0.15) is 24.3 Å². The second-order valence-corrected chi connectivity index (χ2v) is 10.3. The summed E-state index contributed by atoms with van der Waals surface area (Å²) in [6, 6.07) is 3.59. The van der Waals surface area contributed by atoms with Gasteiger partial charge in [-0.25, -0.2) is 4.39 Å². The van der Waals surface area contributed by atoms with E-state index in [9.17, 15) is 28.7 Å². The van der Waals surface area contributed by atoms with Gasteiger partial charge in [0.25, 0.3) is 11.8 Å². The number of carbonyl (C=O) groups is 4. The highest BCUT2D eigenvalue weighted by molar-refractivity contribution is 9.09. The molecule has 4 amide bonds. The van der Waals surface area contributed by atoms with Crippen LogP contribution in [0, 0.1) is 23.6 Å². The molecule has 4 aliphatic rings. The summed E-state index contributed by atoms with van der Waals surface area (Å²) in [6.07, 6.45) is 1.85. The summed E-state index contributed by atoms with van der Waals surface area (Å²) in [5.41, 5.74) is 0.654. The number of imide groups is 2. The van der Waals surface area contributed by atoms with E-state index in [2.05, 4.69) is 21.2 Å². The number of halogens is 4. The van der Waals surface area contributed by atoms with Crippen LogP contribution in [-0.2, 0) is 19.2 Å². The number of alkyl halides is 3. The SMILES string of the molecule is O=C1NC(=O)[C@H]2CC=C3[C@@H](C[C@@]4(Cl)C(=O)N(CBr)C(=O)[C@@]4(Cl)[C@H]3c3ccc(O)c(F)c3)[C@@H]12. The van der Waals surface area contributed by atoms with E-state index >= 15 is 0 Å². The summed E-state index contributed by atoms with van der Waals surface area (Å²) in [5.74, 6) is -6.93. The molecule has 0 unspecified atom stereocenters. The minimum Gasteiger partial charge on any atom is -0.505 e. The molecule has 0 spiro atoms. The highest BCUT2D eigenvalue weighted by atomic mass is 79.9. The van der Waals surface area contributed by atoms with Crippen LogP contribution in [0.2, 0.25) is 0 Å². The lowest BCUT2D eigenvalue weighted by Crippen LogP contribution is -2.60.